The van der Waals surface area contributed by atoms with Gasteiger partial charge in [-0.25, -0.2) is 0 Å². The van der Waals surface area contributed by atoms with E-state index in [2.05, 4.69) is 69.3 Å². The quantitative estimate of drug-likeness (QED) is 0.759. The SMILES string of the molecule is CC(c1ccc(CCNC(=O)c2ccc(Br)cc2)cc1)N1CCN(C)CC1. The molecular formula is C22H28BrN3O. The van der Waals surface area contributed by atoms with Crippen molar-refractivity contribution in [1.29, 1.82) is 0 Å². The van der Waals surface area contributed by atoms with Crippen molar-refractivity contribution in [1.82, 2.24) is 15.1 Å². The average molecular weight is 430 g/mol. The molecule has 1 aliphatic heterocycles. The van der Waals surface area contributed by atoms with E-state index in [1.54, 1.807) is 0 Å². The minimum atomic E-state index is -0.0252. The molecule has 5 heteroatoms. The fourth-order valence-corrected chi connectivity index (χ4v) is 3.67. The van der Waals surface area contributed by atoms with Crippen molar-refractivity contribution in [2.45, 2.75) is 19.4 Å². The average Bonchev–Trinajstić information content (AvgIpc) is 2.69. The van der Waals surface area contributed by atoms with Crippen LogP contribution < -0.4 is 5.32 Å². The van der Waals surface area contributed by atoms with Crippen LogP contribution in [0, 0.1) is 0 Å². The molecule has 144 valence electrons. The van der Waals surface area contributed by atoms with Gasteiger partial charge in [0.2, 0.25) is 0 Å². The first kappa shape index (κ1) is 20.1. The van der Waals surface area contributed by atoms with Gasteiger partial charge in [0.05, 0.1) is 0 Å². The predicted octanol–water partition coefficient (Wildman–Crippen LogP) is 3.73. The van der Waals surface area contributed by atoms with E-state index in [0.717, 1.165) is 37.1 Å². The Bertz CT molecular complexity index is 737. The summed E-state index contributed by atoms with van der Waals surface area (Å²) < 4.78 is 0.977. The lowest BCUT2D eigenvalue weighted by molar-refractivity contribution is 0.0954. The summed E-state index contributed by atoms with van der Waals surface area (Å²) in [7, 11) is 2.19. The lowest BCUT2D eigenvalue weighted by atomic mass is 10.0. The van der Waals surface area contributed by atoms with Crippen LogP contribution in [0.1, 0.15) is 34.5 Å². The number of rotatable bonds is 6. The molecule has 1 N–H and O–H groups in total. The van der Waals surface area contributed by atoms with Gasteiger partial charge in [-0.1, -0.05) is 40.2 Å². The van der Waals surface area contributed by atoms with Gasteiger partial charge in [0.1, 0.15) is 0 Å². The van der Waals surface area contributed by atoms with Crippen molar-refractivity contribution in [2.24, 2.45) is 0 Å². The van der Waals surface area contributed by atoms with E-state index in [4.69, 9.17) is 0 Å². The standard InChI is InChI=1S/C22H28BrN3O/c1-17(26-15-13-25(2)14-16-26)19-5-3-18(4-6-19)11-12-24-22(27)20-7-9-21(23)10-8-20/h3-10,17H,11-16H2,1-2H3,(H,24,27). The third kappa shape index (κ3) is 5.64. The topological polar surface area (TPSA) is 35.6 Å². The van der Waals surface area contributed by atoms with Crippen LogP contribution in [0.4, 0.5) is 0 Å². The van der Waals surface area contributed by atoms with Crippen molar-refractivity contribution in [3.05, 3.63) is 69.7 Å². The Kier molecular flexibility index (Phi) is 7.05. The summed E-state index contributed by atoms with van der Waals surface area (Å²) in [6.07, 6.45) is 0.839. The fourth-order valence-electron chi connectivity index (χ4n) is 3.41. The Hall–Kier alpha value is -1.69. The molecule has 2 aromatic carbocycles. The third-order valence-electron chi connectivity index (χ3n) is 5.35. The van der Waals surface area contributed by atoms with Crippen LogP contribution in [-0.2, 0) is 6.42 Å². The first-order chi connectivity index (χ1) is 13.0. The molecule has 0 saturated carbocycles. The van der Waals surface area contributed by atoms with E-state index in [1.807, 2.05) is 24.3 Å². The molecular weight excluding hydrogens is 402 g/mol. The van der Waals surface area contributed by atoms with Crippen LogP contribution in [0.5, 0.6) is 0 Å². The van der Waals surface area contributed by atoms with Crippen molar-refractivity contribution in [3.63, 3.8) is 0 Å². The number of likely N-dealkylation sites (N-methyl/N-ethyl adjacent to an activating group) is 1. The number of halogens is 1. The number of nitrogens with one attached hydrogen (secondary N) is 1. The van der Waals surface area contributed by atoms with Gasteiger partial charge in [0, 0.05) is 48.8 Å². The summed E-state index contributed by atoms with van der Waals surface area (Å²) in [5.74, 6) is -0.0252. The molecule has 0 spiro atoms. The zero-order valence-corrected chi connectivity index (χ0v) is 17.7. The van der Waals surface area contributed by atoms with E-state index in [9.17, 15) is 4.79 Å². The lowest BCUT2D eigenvalue weighted by Gasteiger charge is -2.36. The first-order valence-electron chi connectivity index (χ1n) is 9.58. The second-order valence-electron chi connectivity index (χ2n) is 7.27. The van der Waals surface area contributed by atoms with Gasteiger partial charge in [-0.3, -0.25) is 9.69 Å². The van der Waals surface area contributed by atoms with E-state index < -0.39 is 0 Å². The first-order valence-corrected chi connectivity index (χ1v) is 10.4. The monoisotopic (exact) mass is 429 g/mol. The van der Waals surface area contributed by atoms with Gasteiger partial charge in [0.15, 0.2) is 0 Å². The fraction of sp³-hybridized carbons (Fsp3) is 0.409. The highest BCUT2D eigenvalue weighted by atomic mass is 79.9. The normalized spacial score (nSPS) is 16.9. The molecule has 1 saturated heterocycles. The van der Waals surface area contributed by atoms with E-state index in [1.165, 1.54) is 11.1 Å². The minimum Gasteiger partial charge on any atom is -0.352 e. The molecule has 4 nitrogen and oxygen atoms in total. The number of nitrogens with zero attached hydrogens (tertiary/aromatic N) is 2. The molecule has 27 heavy (non-hydrogen) atoms. The Labute approximate surface area is 170 Å². The molecule has 1 atom stereocenters. The van der Waals surface area contributed by atoms with Crippen molar-refractivity contribution in [3.8, 4) is 0 Å². The molecule has 0 bridgehead atoms. The Morgan fingerprint density at radius 2 is 1.67 bits per heavy atom. The number of piperazine rings is 1. The van der Waals surface area contributed by atoms with Crippen LogP contribution in [0.3, 0.4) is 0 Å². The smallest absolute Gasteiger partial charge is 0.251 e. The van der Waals surface area contributed by atoms with Crippen LogP contribution >= 0.6 is 15.9 Å². The van der Waals surface area contributed by atoms with Crippen molar-refractivity contribution in [2.75, 3.05) is 39.8 Å². The maximum absolute atomic E-state index is 12.2. The minimum absolute atomic E-state index is 0.0252. The van der Waals surface area contributed by atoms with Crippen LogP contribution in [0.2, 0.25) is 0 Å². The summed E-state index contributed by atoms with van der Waals surface area (Å²) in [5, 5.41) is 2.99. The third-order valence-corrected chi connectivity index (χ3v) is 5.88. The number of carbonyl (C=O) groups is 1. The van der Waals surface area contributed by atoms with Gasteiger partial charge in [-0.15, -0.1) is 0 Å². The zero-order valence-electron chi connectivity index (χ0n) is 16.1. The molecule has 1 fully saturated rings. The molecule has 1 aliphatic rings. The van der Waals surface area contributed by atoms with Crippen molar-refractivity contribution < 1.29 is 4.79 Å². The lowest BCUT2D eigenvalue weighted by Crippen LogP contribution is -2.45. The highest BCUT2D eigenvalue weighted by Crippen LogP contribution is 2.22. The predicted molar refractivity (Wildman–Crippen MR) is 114 cm³/mol. The molecule has 1 amide bonds. The van der Waals surface area contributed by atoms with Crippen LogP contribution in [0.25, 0.3) is 0 Å². The summed E-state index contributed by atoms with van der Waals surface area (Å²) in [6.45, 7) is 7.46. The maximum Gasteiger partial charge on any atom is 0.251 e. The highest BCUT2D eigenvalue weighted by molar-refractivity contribution is 9.10. The highest BCUT2D eigenvalue weighted by Gasteiger charge is 2.20. The Balaban J connectivity index is 1.47. The molecule has 0 aliphatic carbocycles. The summed E-state index contributed by atoms with van der Waals surface area (Å²) >= 11 is 3.38. The van der Waals surface area contributed by atoms with Crippen LogP contribution in [-0.4, -0.2) is 55.5 Å². The maximum atomic E-state index is 12.2. The van der Waals surface area contributed by atoms with E-state index >= 15 is 0 Å². The Morgan fingerprint density at radius 1 is 1.04 bits per heavy atom. The van der Waals surface area contributed by atoms with E-state index in [0.29, 0.717) is 18.2 Å². The zero-order chi connectivity index (χ0) is 19.2. The van der Waals surface area contributed by atoms with Gasteiger partial charge in [0.25, 0.3) is 5.91 Å². The largest absolute Gasteiger partial charge is 0.352 e. The second kappa shape index (κ2) is 9.49. The van der Waals surface area contributed by atoms with Gasteiger partial charge in [-0.2, -0.15) is 0 Å². The second-order valence-corrected chi connectivity index (χ2v) is 8.19. The number of amides is 1. The van der Waals surface area contributed by atoms with Crippen molar-refractivity contribution >= 4 is 21.8 Å². The number of hydrogen-bond acceptors (Lipinski definition) is 3. The molecule has 0 radical (unpaired) electrons. The van der Waals surface area contributed by atoms with Gasteiger partial charge < -0.3 is 10.2 Å². The molecule has 1 unspecified atom stereocenters. The van der Waals surface area contributed by atoms with Crippen LogP contribution in [0.15, 0.2) is 53.0 Å². The number of benzene rings is 2. The van der Waals surface area contributed by atoms with Gasteiger partial charge >= 0.3 is 0 Å². The van der Waals surface area contributed by atoms with E-state index in [-0.39, 0.29) is 5.91 Å². The summed E-state index contributed by atoms with van der Waals surface area (Å²) in [4.78, 5) is 17.1. The molecule has 3 rings (SSSR count). The molecule has 0 aromatic heterocycles. The summed E-state index contributed by atoms with van der Waals surface area (Å²) in [6, 6.07) is 16.7. The Morgan fingerprint density at radius 3 is 2.30 bits per heavy atom. The number of carbonyl (C=O) groups excluding carboxylic acids is 1. The molecule has 1 heterocycles. The van der Waals surface area contributed by atoms with Gasteiger partial charge in [-0.05, 0) is 55.8 Å². The number of hydrogen-bond donors (Lipinski definition) is 1. The summed E-state index contributed by atoms with van der Waals surface area (Å²) in [5.41, 5.74) is 3.30. The molecule has 2 aromatic rings.